The molecule has 1 aromatic carbocycles. The molecule has 0 amide bonds. The fourth-order valence-corrected chi connectivity index (χ4v) is 3.02. The standard InChI is InChI=1S/C14H18O/c1-2-6-10-14(9-5-1)11-12-7-3-4-8-13(12)15-14/h3-4,7-8H,1-2,5-6,9-11H2. The van der Waals surface area contributed by atoms with Crippen molar-refractivity contribution in [3.05, 3.63) is 29.8 Å². The lowest BCUT2D eigenvalue weighted by Gasteiger charge is -2.27. The molecule has 2 aliphatic rings. The first-order chi connectivity index (χ1) is 7.38. The van der Waals surface area contributed by atoms with Crippen LogP contribution < -0.4 is 4.74 Å². The Bertz CT molecular complexity index is 321. The monoisotopic (exact) mass is 202 g/mol. The molecule has 3 rings (SSSR count). The van der Waals surface area contributed by atoms with Crippen LogP contribution in [0.2, 0.25) is 0 Å². The molecule has 1 aliphatic heterocycles. The third kappa shape index (κ3) is 1.64. The van der Waals surface area contributed by atoms with Crippen molar-refractivity contribution in [3.8, 4) is 5.75 Å². The van der Waals surface area contributed by atoms with Gasteiger partial charge in [0.15, 0.2) is 0 Å². The van der Waals surface area contributed by atoms with E-state index in [0.29, 0.717) is 0 Å². The summed E-state index contributed by atoms with van der Waals surface area (Å²) in [6.45, 7) is 0. The largest absolute Gasteiger partial charge is 0.487 e. The Kier molecular flexibility index (Phi) is 2.19. The van der Waals surface area contributed by atoms with Crippen molar-refractivity contribution < 1.29 is 4.74 Å². The molecular weight excluding hydrogens is 184 g/mol. The highest BCUT2D eigenvalue weighted by atomic mass is 16.5. The molecular formula is C14H18O. The van der Waals surface area contributed by atoms with Crippen LogP contribution in [0.4, 0.5) is 0 Å². The van der Waals surface area contributed by atoms with E-state index in [9.17, 15) is 0 Å². The van der Waals surface area contributed by atoms with Gasteiger partial charge in [0.2, 0.25) is 0 Å². The number of benzene rings is 1. The van der Waals surface area contributed by atoms with E-state index in [2.05, 4.69) is 24.3 Å². The van der Waals surface area contributed by atoms with Crippen LogP contribution in [-0.2, 0) is 6.42 Å². The zero-order valence-electron chi connectivity index (χ0n) is 9.17. The van der Waals surface area contributed by atoms with Crippen molar-refractivity contribution in [2.24, 2.45) is 0 Å². The minimum atomic E-state index is 0.167. The van der Waals surface area contributed by atoms with Gasteiger partial charge < -0.3 is 4.74 Å². The average Bonchev–Trinajstić information content (AvgIpc) is 2.45. The average molecular weight is 202 g/mol. The van der Waals surface area contributed by atoms with Crippen molar-refractivity contribution >= 4 is 0 Å². The first kappa shape index (κ1) is 9.26. The molecule has 1 nitrogen and oxygen atoms in total. The molecule has 1 heterocycles. The van der Waals surface area contributed by atoms with E-state index >= 15 is 0 Å². The van der Waals surface area contributed by atoms with Crippen molar-refractivity contribution in [1.29, 1.82) is 0 Å². The Morgan fingerprint density at radius 3 is 2.40 bits per heavy atom. The zero-order chi connectivity index (χ0) is 10.1. The Labute approximate surface area is 91.5 Å². The van der Waals surface area contributed by atoms with Crippen LogP contribution >= 0.6 is 0 Å². The van der Waals surface area contributed by atoms with E-state index in [1.54, 1.807) is 0 Å². The molecule has 0 atom stereocenters. The molecule has 0 radical (unpaired) electrons. The van der Waals surface area contributed by atoms with Crippen LogP contribution in [0, 0.1) is 0 Å². The molecule has 1 saturated carbocycles. The van der Waals surface area contributed by atoms with Gasteiger partial charge in [-0.1, -0.05) is 31.0 Å². The normalized spacial score (nSPS) is 23.2. The van der Waals surface area contributed by atoms with Gasteiger partial charge in [-0.25, -0.2) is 0 Å². The fraction of sp³-hybridized carbons (Fsp3) is 0.571. The summed E-state index contributed by atoms with van der Waals surface area (Å²) in [6, 6.07) is 8.54. The third-order valence-corrected chi connectivity index (χ3v) is 3.83. The second-order valence-corrected chi connectivity index (χ2v) is 4.98. The maximum absolute atomic E-state index is 6.22. The summed E-state index contributed by atoms with van der Waals surface area (Å²) >= 11 is 0. The lowest BCUT2D eigenvalue weighted by molar-refractivity contribution is 0.0773. The molecule has 0 N–H and O–H groups in total. The van der Waals surface area contributed by atoms with Gasteiger partial charge in [-0.3, -0.25) is 0 Å². The number of hydrogen-bond acceptors (Lipinski definition) is 1. The third-order valence-electron chi connectivity index (χ3n) is 3.83. The first-order valence-electron chi connectivity index (χ1n) is 6.15. The van der Waals surface area contributed by atoms with Crippen LogP contribution in [0.5, 0.6) is 5.75 Å². The topological polar surface area (TPSA) is 9.23 Å². The molecule has 1 heteroatoms. The van der Waals surface area contributed by atoms with Crippen LogP contribution in [-0.4, -0.2) is 5.60 Å². The Morgan fingerprint density at radius 1 is 0.933 bits per heavy atom. The van der Waals surface area contributed by atoms with E-state index in [1.165, 1.54) is 44.1 Å². The maximum Gasteiger partial charge on any atom is 0.123 e. The van der Waals surface area contributed by atoms with Gasteiger partial charge in [-0.05, 0) is 37.3 Å². The maximum atomic E-state index is 6.22. The summed E-state index contributed by atoms with van der Waals surface area (Å²) in [5, 5.41) is 0. The van der Waals surface area contributed by atoms with Gasteiger partial charge in [-0.2, -0.15) is 0 Å². The van der Waals surface area contributed by atoms with E-state index in [-0.39, 0.29) is 5.60 Å². The van der Waals surface area contributed by atoms with E-state index in [0.717, 1.165) is 12.2 Å². The number of ether oxygens (including phenoxy) is 1. The number of para-hydroxylation sites is 1. The van der Waals surface area contributed by atoms with Gasteiger partial charge >= 0.3 is 0 Å². The van der Waals surface area contributed by atoms with Crippen molar-refractivity contribution in [3.63, 3.8) is 0 Å². The highest BCUT2D eigenvalue weighted by molar-refractivity contribution is 5.39. The molecule has 0 aromatic heterocycles. The van der Waals surface area contributed by atoms with Gasteiger partial charge in [0.25, 0.3) is 0 Å². The van der Waals surface area contributed by atoms with Gasteiger partial charge in [0, 0.05) is 6.42 Å². The molecule has 80 valence electrons. The van der Waals surface area contributed by atoms with Crippen LogP contribution in [0.25, 0.3) is 0 Å². The summed E-state index contributed by atoms with van der Waals surface area (Å²) in [6.07, 6.45) is 9.11. The van der Waals surface area contributed by atoms with Crippen LogP contribution in [0.3, 0.4) is 0 Å². The minimum absolute atomic E-state index is 0.167. The second-order valence-electron chi connectivity index (χ2n) is 4.98. The molecule has 15 heavy (non-hydrogen) atoms. The highest BCUT2D eigenvalue weighted by Crippen LogP contribution is 2.42. The quantitative estimate of drug-likeness (QED) is 0.623. The minimum Gasteiger partial charge on any atom is -0.487 e. The van der Waals surface area contributed by atoms with Gasteiger partial charge in [0.1, 0.15) is 11.4 Å². The Balaban J connectivity index is 1.86. The Morgan fingerprint density at radius 2 is 1.67 bits per heavy atom. The molecule has 1 aliphatic carbocycles. The molecule has 0 saturated heterocycles. The second kappa shape index (κ2) is 3.55. The molecule has 1 spiro atoms. The van der Waals surface area contributed by atoms with E-state index < -0.39 is 0 Å². The summed E-state index contributed by atoms with van der Waals surface area (Å²) < 4.78 is 6.22. The summed E-state index contributed by atoms with van der Waals surface area (Å²) in [5.74, 6) is 1.14. The predicted molar refractivity (Wildman–Crippen MR) is 61.2 cm³/mol. The lowest BCUT2D eigenvalue weighted by atomic mass is 9.89. The van der Waals surface area contributed by atoms with Gasteiger partial charge in [0.05, 0.1) is 0 Å². The molecule has 1 fully saturated rings. The predicted octanol–water partition coefficient (Wildman–Crippen LogP) is 3.71. The number of rotatable bonds is 0. The van der Waals surface area contributed by atoms with Gasteiger partial charge in [-0.15, -0.1) is 0 Å². The van der Waals surface area contributed by atoms with E-state index in [4.69, 9.17) is 4.74 Å². The van der Waals surface area contributed by atoms with Crippen molar-refractivity contribution in [2.45, 2.75) is 50.5 Å². The summed E-state index contributed by atoms with van der Waals surface area (Å²) in [4.78, 5) is 0. The van der Waals surface area contributed by atoms with Crippen LogP contribution in [0.15, 0.2) is 24.3 Å². The molecule has 0 unspecified atom stereocenters. The zero-order valence-corrected chi connectivity index (χ0v) is 9.17. The molecule has 0 bridgehead atoms. The SMILES string of the molecule is c1ccc2c(c1)CC1(CCCCCC1)O2. The van der Waals surface area contributed by atoms with Crippen molar-refractivity contribution in [1.82, 2.24) is 0 Å². The number of hydrogen-bond donors (Lipinski definition) is 0. The van der Waals surface area contributed by atoms with Crippen LogP contribution in [0.1, 0.15) is 44.1 Å². The summed E-state index contributed by atoms with van der Waals surface area (Å²) in [7, 11) is 0. The smallest absolute Gasteiger partial charge is 0.123 e. The number of fused-ring (bicyclic) bond motifs is 1. The fourth-order valence-electron chi connectivity index (χ4n) is 3.02. The lowest BCUT2D eigenvalue weighted by Crippen LogP contribution is -2.33. The van der Waals surface area contributed by atoms with Crippen molar-refractivity contribution in [2.75, 3.05) is 0 Å². The summed E-state index contributed by atoms with van der Waals surface area (Å²) in [5.41, 5.74) is 1.58. The van der Waals surface area contributed by atoms with E-state index in [1.807, 2.05) is 0 Å². The molecule has 1 aromatic rings. The first-order valence-corrected chi connectivity index (χ1v) is 6.15. The Hall–Kier alpha value is -0.980. The highest BCUT2D eigenvalue weighted by Gasteiger charge is 2.38.